The van der Waals surface area contributed by atoms with Crippen LogP contribution in [0.1, 0.15) is 28.8 Å². The highest BCUT2D eigenvalue weighted by Crippen LogP contribution is 2.13. The molecule has 92 valence electrons. The molecule has 5 heteroatoms. The van der Waals surface area contributed by atoms with E-state index in [-0.39, 0.29) is 18.0 Å². The summed E-state index contributed by atoms with van der Waals surface area (Å²) in [6.45, 7) is 1.86. The number of benzene rings is 1. The van der Waals surface area contributed by atoms with Gasteiger partial charge in [-0.05, 0) is 25.0 Å². The first-order valence-electron chi connectivity index (χ1n) is 5.36. The first-order valence-corrected chi connectivity index (χ1v) is 5.36. The first kappa shape index (κ1) is 13.5. The van der Waals surface area contributed by atoms with E-state index in [2.05, 4.69) is 0 Å². The van der Waals surface area contributed by atoms with E-state index >= 15 is 0 Å². The molecule has 0 amide bonds. The molecule has 2 rings (SSSR count). The van der Waals surface area contributed by atoms with Crippen LogP contribution in [0.3, 0.4) is 0 Å². The maximum absolute atomic E-state index is 10.7. The molecule has 1 heterocycles. The van der Waals surface area contributed by atoms with Crippen LogP contribution in [0.4, 0.5) is 0 Å². The standard InChI is InChI=1S/C12H14N2O2.ClH/c13-11(14-7-1-2-8-14)9-3-5-10(6-4-9)12(15)16;/h3-6,13H,1-2,7-8H2,(H,15,16);1H. The Hall–Kier alpha value is -1.55. The minimum absolute atomic E-state index is 0. The third-order valence-corrected chi connectivity index (χ3v) is 2.83. The summed E-state index contributed by atoms with van der Waals surface area (Å²) in [7, 11) is 0. The maximum Gasteiger partial charge on any atom is 0.335 e. The van der Waals surface area contributed by atoms with E-state index in [1.165, 1.54) is 0 Å². The van der Waals surface area contributed by atoms with Crippen LogP contribution in [-0.2, 0) is 0 Å². The Morgan fingerprint density at radius 3 is 2.06 bits per heavy atom. The second-order valence-electron chi connectivity index (χ2n) is 3.93. The SMILES string of the molecule is Cl.N=C(c1ccc(C(=O)O)cc1)N1CCCC1. The average Bonchev–Trinajstić information content (AvgIpc) is 2.81. The van der Waals surface area contributed by atoms with E-state index < -0.39 is 5.97 Å². The number of nitrogens with zero attached hydrogens (tertiary/aromatic N) is 1. The van der Waals surface area contributed by atoms with Crippen molar-refractivity contribution in [2.24, 2.45) is 0 Å². The molecule has 0 saturated carbocycles. The molecule has 0 unspecified atom stereocenters. The van der Waals surface area contributed by atoms with Gasteiger partial charge in [0.25, 0.3) is 0 Å². The molecule has 1 aromatic rings. The lowest BCUT2D eigenvalue weighted by Gasteiger charge is -2.18. The van der Waals surface area contributed by atoms with Crippen molar-refractivity contribution in [1.29, 1.82) is 5.41 Å². The number of nitrogens with one attached hydrogen (secondary N) is 1. The normalized spacial score (nSPS) is 14.2. The highest BCUT2D eigenvalue weighted by atomic mass is 35.5. The van der Waals surface area contributed by atoms with Gasteiger partial charge in [-0.1, -0.05) is 12.1 Å². The topological polar surface area (TPSA) is 64.4 Å². The van der Waals surface area contributed by atoms with Gasteiger partial charge in [-0.2, -0.15) is 0 Å². The Morgan fingerprint density at radius 1 is 1.12 bits per heavy atom. The van der Waals surface area contributed by atoms with Crippen molar-refractivity contribution in [2.75, 3.05) is 13.1 Å². The average molecular weight is 255 g/mol. The number of halogens is 1. The second-order valence-corrected chi connectivity index (χ2v) is 3.93. The fourth-order valence-corrected chi connectivity index (χ4v) is 1.89. The Kier molecular flexibility index (Phi) is 4.52. The van der Waals surface area contributed by atoms with Crippen molar-refractivity contribution < 1.29 is 9.90 Å². The van der Waals surface area contributed by atoms with Crippen molar-refractivity contribution in [1.82, 2.24) is 4.90 Å². The van der Waals surface area contributed by atoms with Crippen LogP contribution in [-0.4, -0.2) is 34.9 Å². The Bertz CT molecular complexity index is 411. The molecule has 0 radical (unpaired) electrons. The molecule has 0 aromatic heterocycles. The molecule has 2 N–H and O–H groups in total. The molecular formula is C12H15ClN2O2. The number of carboxylic acid groups (broad SMARTS) is 1. The molecule has 1 aliphatic rings. The van der Waals surface area contributed by atoms with Crippen LogP contribution in [0.5, 0.6) is 0 Å². The van der Waals surface area contributed by atoms with Gasteiger partial charge in [0.15, 0.2) is 0 Å². The van der Waals surface area contributed by atoms with Gasteiger partial charge < -0.3 is 10.0 Å². The highest BCUT2D eigenvalue weighted by molar-refractivity contribution is 5.97. The summed E-state index contributed by atoms with van der Waals surface area (Å²) >= 11 is 0. The van der Waals surface area contributed by atoms with E-state index in [4.69, 9.17) is 10.5 Å². The number of rotatable bonds is 2. The van der Waals surface area contributed by atoms with Gasteiger partial charge in [0.2, 0.25) is 0 Å². The molecule has 0 atom stereocenters. The van der Waals surface area contributed by atoms with Crippen LogP contribution in [0.15, 0.2) is 24.3 Å². The predicted octanol–water partition coefficient (Wildman–Crippen LogP) is 2.23. The number of hydrogen-bond donors (Lipinski definition) is 2. The number of hydrogen-bond acceptors (Lipinski definition) is 2. The van der Waals surface area contributed by atoms with E-state index in [9.17, 15) is 4.79 Å². The second kappa shape index (κ2) is 5.68. The molecule has 17 heavy (non-hydrogen) atoms. The third-order valence-electron chi connectivity index (χ3n) is 2.83. The number of aromatic carboxylic acids is 1. The number of carbonyl (C=O) groups is 1. The largest absolute Gasteiger partial charge is 0.478 e. The molecule has 0 spiro atoms. The molecule has 1 saturated heterocycles. The summed E-state index contributed by atoms with van der Waals surface area (Å²) in [4.78, 5) is 12.7. The van der Waals surface area contributed by atoms with Crippen LogP contribution in [0.2, 0.25) is 0 Å². The number of carboxylic acids is 1. The monoisotopic (exact) mass is 254 g/mol. The van der Waals surface area contributed by atoms with Gasteiger partial charge in [0, 0.05) is 18.7 Å². The summed E-state index contributed by atoms with van der Waals surface area (Å²) in [6.07, 6.45) is 2.27. The van der Waals surface area contributed by atoms with Crippen molar-refractivity contribution in [3.05, 3.63) is 35.4 Å². The summed E-state index contributed by atoms with van der Waals surface area (Å²) in [5.74, 6) is -0.436. The molecule has 0 aliphatic carbocycles. The lowest BCUT2D eigenvalue weighted by molar-refractivity contribution is 0.0697. The summed E-state index contributed by atoms with van der Waals surface area (Å²) < 4.78 is 0. The van der Waals surface area contributed by atoms with Crippen molar-refractivity contribution >= 4 is 24.2 Å². The fourth-order valence-electron chi connectivity index (χ4n) is 1.89. The molecule has 1 aromatic carbocycles. The maximum atomic E-state index is 10.7. The lowest BCUT2D eigenvalue weighted by atomic mass is 10.1. The van der Waals surface area contributed by atoms with E-state index in [1.54, 1.807) is 24.3 Å². The van der Waals surface area contributed by atoms with Gasteiger partial charge in [-0.25, -0.2) is 4.79 Å². The first-order chi connectivity index (χ1) is 7.68. The van der Waals surface area contributed by atoms with E-state index in [0.29, 0.717) is 5.84 Å². The van der Waals surface area contributed by atoms with Gasteiger partial charge in [0.1, 0.15) is 5.84 Å². The van der Waals surface area contributed by atoms with Gasteiger partial charge in [-0.15, -0.1) is 12.4 Å². The quantitative estimate of drug-likeness (QED) is 0.628. The van der Waals surface area contributed by atoms with E-state index in [1.807, 2.05) is 4.90 Å². The van der Waals surface area contributed by atoms with Gasteiger partial charge in [0.05, 0.1) is 5.56 Å². The van der Waals surface area contributed by atoms with Crippen molar-refractivity contribution in [2.45, 2.75) is 12.8 Å². The third kappa shape index (κ3) is 2.97. The number of likely N-dealkylation sites (tertiary alicyclic amines) is 1. The van der Waals surface area contributed by atoms with Crippen LogP contribution in [0.25, 0.3) is 0 Å². The van der Waals surface area contributed by atoms with Gasteiger partial charge in [-0.3, -0.25) is 5.41 Å². The molecule has 1 aliphatic heterocycles. The van der Waals surface area contributed by atoms with Crippen LogP contribution < -0.4 is 0 Å². The Balaban J connectivity index is 0.00000144. The minimum Gasteiger partial charge on any atom is -0.478 e. The molecular weight excluding hydrogens is 240 g/mol. The summed E-state index contributed by atoms with van der Waals surface area (Å²) in [5.41, 5.74) is 1.05. The summed E-state index contributed by atoms with van der Waals surface area (Å²) in [6, 6.07) is 6.48. The minimum atomic E-state index is -0.931. The zero-order valence-electron chi connectivity index (χ0n) is 9.35. The van der Waals surface area contributed by atoms with Crippen molar-refractivity contribution in [3.8, 4) is 0 Å². The zero-order valence-corrected chi connectivity index (χ0v) is 10.2. The van der Waals surface area contributed by atoms with Gasteiger partial charge >= 0.3 is 5.97 Å². The Morgan fingerprint density at radius 2 is 1.59 bits per heavy atom. The zero-order chi connectivity index (χ0) is 11.5. The fraction of sp³-hybridized carbons (Fsp3) is 0.333. The predicted molar refractivity (Wildman–Crippen MR) is 68.3 cm³/mol. The van der Waals surface area contributed by atoms with Crippen LogP contribution >= 0.6 is 12.4 Å². The summed E-state index contributed by atoms with van der Waals surface area (Å²) in [5, 5.41) is 16.7. The molecule has 1 fully saturated rings. The number of amidine groups is 1. The van der Waals surface area contributed by atoms with E-state index in [0.717, 1.165) is 31.5 Å². The molecule has 4 nitrogen and oxygen atoms in total. The van der Waals surface area contributed by atoms with Crippen molar-refractivity contribution in [3.63, 3.8) is 0 Å². The molecule has 0 bridgehead atoms. The highest BCUT2D eigenvalue weighted by Gasteiger charge is 2.16. The Labute approximate surface area is 106 Å². The van der Waals surface area contributed by atoms with Crippen LogP contribution in [0, 0.1) is 5.41 Å². The smallest absolute Gasteiger partial charge is 0.335 e. The lowest BCUT2D eigenvalue weighted by Crippen LogP contribution is -2.27.